The third-order valence-corrected chi connectivity index (χ3v) is 4.04. The first-order chi connectivity index (χ1) is 10.0. The van der Waals surface area contributed by atoms with Crippen LogP contribution in [-0.2, 0) is 0 Å². The number of carbonyl (C=O) groups is 1. The van der Waals surface area contributed by atoms with E-state index >= 15 is 0 Å². The average molecular weight is 368 g/mol. The number of fused-ring (bicyclic) bond motifs is 1. The molecule has 0 aliphatic heterocycles. The van der Waals surface area contributed by atoms with Crippen LogP contribution in [0.3, 0.4) is 0 Å². The molecule has 0 amide bonds. The number of aromatic carboxylic acids is 1. The van der Waals surface area contributed by atoms with Crippen LogP contribution in [0.5, 0.6) is 0 Å². The van der Waals surface area contributed by atoms with Gasteiger partial charge in [0.2, 0.25) is 0 Å². The molecule has 21 heavy (non-hydrogen) atoms. The summed E-state index contributed by atoms with van der Waals surface area (Å²) in [4.78, 5) is 15.2. The minimum atomic E-state index is -1.01. The normalized spacial score (nSPS) is 10.8. The number of aromatic nitrogens is 1. The van der Waals surface area contributed by atoms with Gasteiger partial charge in [0.1, 0.15) is 5.52 Å². The van der Waals surface area contributed by atoms with E-state index in [-0.39, 0.29) is 11.6 Å². The van der Waals surface area contributed by atoms with Gasteiger partial charge in [0, 0.05) is 10.2 Å². The third kappa shape index (κ3) is 2.86. The van der Waals surface area contributed by atoms with E-state index in [1.165, 1.54) is 12.1 Å². The number of nitrogens with one attached hydrogen (secondary N) is 1. The molecular weight excluding hydrogens is 360 g/mol. The molecule has 5 nitrogen and oxygen atoms in total. The van der Waals surface area contributed by atoms with Crippen LogP contribution >= 0.6 is 27.5 Å². The number of oxazole rings is 1. The zero-order chi connectivity index (χ0) is 15.0. The molecule has 106 valence electrons. The second-order valence-corrected chi connectivity index (χ2v) is 5.52. The molecule has 0 atom stereocenters. The second kappa shape index (κ2) is 5.38. The minimum absolute atomic E-state index is 0.150. The average Bonchev–Trinajstić information content (AvgIpc) is 2.84. The fraction of sp³-hybridized carbons (Fsp3) is 0. The summed E-state index contributed by atoms with van der Waals surface area (Å²) in [5.41, 5.74) is 1.84. The van der Waals surface area contributed by atoms with Crippen molar-refractivity contribution in [3.8, 4) is 0 Å². The van der Waals surface area contributed by atoms with Gasteiger partial charge in [-0.05, 0) is 52.3 Å². The molecule has 0 saturated heterocycles. The lowest BCUT2D eigenvalue weighted by molar-refractivity contribution is 0.0697. The minimum Gasteiger partial charge on any atom is -0.478 e. The summed E-state index contributed by atoms with van der Waals surface area (Å²) in [6, 6.07) is 10.1. The monoisotopic (exact) mass is 366 g/mol. The Bertz CT molecular complexity index is 847. The highest BCUT2D eigenvalue weighted by Gasteiger charge is 2.10. The van der Waals surface area contributed by atoms with Crippen LogP contribution < -0.4 is 5.32 Å². The molecule has 1 aromatic heterocycles. The van der Waals surface area contributed by atoms with Crippen LogP contribution in [0.1, 0.15) is 10.4 Å². The van der Waals surface area contributed by atoms with Crippen molar-refractivity contribution in [3.63, 3.8) is 0 Å². The number of halogens is 2. The van der Waals surface area contributed by atoms with Crippen molar-refractivity contribution in [2.75, 3.05) is 5.32 Å². The Labute approximate surface area is 132 Å². The van der Waals surface area contributed by atoms with Gasteiger partial charge in [-0.2, -0.15) is 4.98 Å². The van der Waals surface area contributed by atoms with Gasteiger partial charge in [0.25, 0.3) is 6.01 Å². The van der Waals surface area contributed by atoms with E-state index in [2.05, 4.69) is 26.2 Å². The standard InChI is InChI=1S/C14H8BrClN2O3/c15-9-3-2-8(6-10(9)16)17-14-18-11-4-1-7(13(19)20)5-12(11)21-14/h1-6H,(H,17,18)(H,19,20). The van der Waals surface area contributed by atoms with E-state index in [4.69, 9.17) is 21.1 Å². The summed E-state index contributed by atoms with van der Waals surface area (Å²) in [5.74, 6) is -1.01. The molecule has 0 bridgehead atoms. The molecule has 0 aliphatic carbocycles. The number of carboxylic acids is 1. The van der Waals surface area contributed by atoms with Crippen molar-refractivity contribution < 1.29 is 14.3 Å². The van der Waals surface area contributed by atoms with Gasteiger partial charge in [0.15, 0.2) is 5.58 Å². The smallest absolute Gasteiger partial charge is 0.335 e. The maximum atomic E-state index is 10.9. The number of anilines is 2. The molecule has 7 heteroatoms. The predicted octanol–water partition coefficient (Wildman–Crippen LogP) is 4.69. The predicted molar refractivity (Wildman–Crippen MR) is 83.4 cm³/mol. The molecule has 0 spiro atoms. The summed E-state index contributed by atoms with van der Waals surface area (Å²) in [7, 11) is 0. The molecule has 2 N–H and O–H groups in total. The Morgan fingerprint density at radius 3 is 2.81 bits per heavy atom. The number of rotatable bonds is 3. The summed E-state index contributed by atoms with van der Waals surface area (Å²) >= 11 is 9.32. The molecule has 1 heterocycles. The quantitative estimate of drug-likeness (QED) is 0.702. The summed E-state index contributed by atoms with van der Waals surface area (Å²) in [6.45, 7) is 0. The highest BCUT2D eigenvalue weighted by atomic mass is 79.9. The second-order valence-electron chi connectivity index (χ2n) is 4.26. The van der Waals surface area contributed by atoms with E-state index in [9.17, 15) is 4.79 Å². The molecular formula is C14H8BrClN2O3. The Balaban J connectivity index is 1.93. The fourth-order valence-corrected chi connectivity index (χ4v) is 2.24. The molecule has 2 aromatic carbocycles. The first-order valence-electron chi connectivity index (χ1n) is 5.89. The highest BCUT2D eigenvalue weighted by molar-refractivity contribution is 9.10. The zero-order valence-electron chi connectivity index (χ0n) is 10.4. The van der Waals surface area contributed by atoms with Gasteiger partial charge in [-0.1, -0.05) is 11.6 Å². The maximum absolute atomic E-state index is 10.9. The van der Waals surface area contributed by atoms with Crippen LogP contribution in [0, 0.1) is 0 Å². The molecule has 0 radical (unpaired) electrons. The SMILES string of the molecule is O=C(O)c1ccc2nc(Nc3ccc(Br)c(Cl)c3)oc2c1. The zero-order valence-corrected chi connectivity index (χ0v) is 12.8. The number of carboxylic acid groups (broad SMARTS) is 1. The largest absolute Gasteiger partial charge is 0.478 e. The van der Waals surface area contributed by atoms with Gasteiger partial charge in [-0.3, -0.25) is 0 Å². The topological polar surface area (TPSA) is 75.4 Å². The van der Waals surface area contributed by atoms with E-state index in [1.807, 2.05) is 6.07 Å². The molecule has 0 saturated carbocycles. The Morgan fingerprint density at radius 1 is 1.29 bits per heavy atom. The van der Waals surface area contributed by atoms with Gasteiger partial charge < -0.3 is 14.8 Å². The van der Waals surface area contributed by atoms with E-state index < -0.39 is 5.97 Å². The Kier molecular flexibility index (Phi) is 3.57. The van der Waals surface area contributed by atoms with Gasteiger partial charge in [-0.15, -0.1) is 0 Å². The van der Waals surface area contributed by atoms with E-state index in [1.54, 1.807) is 18.2 Å². The molecule has 0 aliphatic rings. The number of benzene rings is 2. The Morgan fingerprint density at radius 2 is 2.10 bits per heavy atom. The summed E-state index contributed by atoms with van der Waals surface area (Å²) in [5, 5.41) is 12.5. The first kappa shape index (κ1) is 13.9. The molecule has 0 fully saturated rings. The molecule has 0 unspecified atom stereocenters. The van der Waals surface area contributed by atoms with Crippen molar-refractivity contribution >= 4 is 56.3 Å². The first-order valence-corrected chi connectivity index (χ1v) is 7.06. The molecule has 3 aromatic rings. The van der Waals surface area contributed by atoms with Crippen molar-refractivity contribution in [2.24, 2.45) is 0 Å². The Hall–Kier alpha value is -2.05. The number of nitrogens with zero attached hydrogens (tertiary/aromatic N) is 1. The van der Waals surface area contributed by atoms with Crippen LogP contribution in [0.4, 0.5) is 11.7 Å². The number of hydrogen-bond donors (Lipinski definition) is 2. The van der Waals surface area contributed by atoms with Crippen molar-refractivity contribution in [1.82, 2.24) is 4.98 Å². The van der Waals surface area contributed by atoms with Gasteiger partial charge in [-0.25, -0.2) is 4.79 Å². The van der Waals surface area contributed by atoms with E-state index in [0.29, 0.717) is 21.8 Å². The van der Waals surface area contributed by atoms with Crippen LogP contribution in [-0.4, -0.2) is 16.1 Å². The van der Waals surface area contributed by atoms with E-state index in [0.717, 1.165) is 4.47 Å². The van der Waals surface area contributed by atoms with Gasteiger partial charge in [0.05, 0.1) is 10.6 Å². The fourth-order valence-electron chi connectivity index (χ4n) is 1.81. The van der Waals surface area contributed by atoms with Crippen LogP contribution in [0.25, 0.3) is 11.1 Å². The van der Waals surface area contributed by atoms with Gasteiger partial charge >= 0.3 is 5.97 Å². The lowest BCUT2D eigenvalue weighted by Gasteiger charge is -2.02. The summed E-state index contributed by atoms with van der Waals surface area (Å²) < 4.78 is 6.28. The lowest BCUT2D eigenvalue weighted by atomic mass is 10.2. The highest BCUT2D eigenvalue weighted by Crippen LogP contribution is 2.28. The molecule has 3 rings (SSSR count). The summed E-state index contributed by atoms with van der Waals surface area (Å²) in [6.07, 6.45) is 0. The third-order valence-electron chi connectivity index (χ3n) is 2.81. The van der Waals surface area contributed by atoms with Crippen molar-refractivity contribution in [2.45, 2.75) is 0 Å². The van der Waals surface area contributed by atoms with Crippen LogP contribution in [0.2, 0.25) is 5.02 Å². The lowest BCUT2D eigenvalue weighted by Crippen LogP contribution is -1.94. The van der Waals surface area contributed by atoms with Crippen LogP contribution in [0.15, 0.2) is 45.3 Å². The van der Waals surface area contributed by atoms with Crippen molar-refractivity contribution in [1.29, 1.82) is 0 Å². The van der Waals surface area contributed by atoms with Crippen molar-refractivity contribution in [3.05, 3.63) is 51.5 Å². The number of hydrogen-bond acceptors (Lipinski definition) is 4. The maximum Gasteiger partial charge on any atom is 0.335 e.